The van der Waals surface area contributed by atoms with Gasteiger partial charge in [0.25, 0.3) is 0 Å². The van der Waals surface area contributed by atoms with Crippen LogP contribution in [0.25, 0.3) is 0 Å². The third kappa shape index (κ3) is 4.81. The minimum absolute atomic E-state index is 0.259. The molecule has 0 spiro atoms. The highest BCUT2D eigenvalue weighted by Gasteiger charge is 2.16. The van der Waals surface area contributed by atoms with Crippen LogP contribution in [-0.2, 0) is 11.3 Å². The van der Waals surface area contributed by atoms with Gasteiger partial charge < -0.3 is 14.8 Å². The fraction of sp³-hybridized carbons (Fsp3) is 0.400. The third-order valence-electron chi connectivity index (χ3n) is 4.27. The van der Waals surface area contributed by atoms with Gasteiger partial charge in [0, 0.05) is 19.2 Å². The molecule has 2 atom stereocenters. The average molecular weight is 311 g/mol. The quantitative estimate of drug-likeness (QED) is 0.835. The van der Waals surface area contributed by atoms with E-state index in [4.69, 9.17) is 9.47 Å². The predicted molar refractivity (Wildman–Crippen MR) is 92.6 cm³/mol. The van der Waals surface area contributed by atoms with Gasteiger partial charge in [0.2, 0.25) is 0 Å². The summed E-state index contributed by atoms with van der Waals surface area (Å²) in [4.78, 5) is 0. The van der Waals surface area contributed by atoms with Crippen molar-refractivity contribution in [2.45, 2.75) is 38.5 Å². The lowest BCUT2D eigenvalue weighted by Gasteiger charge is -2.15. The molecule has 0 amide bonds. The maximum absolute atomic E-state index is 5.87. The summed E-state index contributed by atoms with van der Waals surface area (Å²) in [5, 5.41) is 3.56. The van der Waals surface area contributed by atoms with Crippen LogP contribution in [0, 0.1) is 0 Å². The molecule has 2 aromatic rings. The molecule has 1 aliphatic heterocycles. The molecule has 2 aromatic carbocycles. The van der Waals surface area contributed by atoms with Crippen LogP contribution < -0.4 is 10.1 Å². The first-order chi connectivity index (χ1) is 11.3. The highest BCUT2D eigenvalue weighted by molar-refractivity contribution is 5.28. The first kappa shape index (κ1) is 16.0. The topological polar surface area (TPSA) is 30.5 Å². The summed E-state index contributed by atoms with van der Waals surface area (Å²) in [5.74, 6) is 0.923. The minimum atomic E-state index is 0.259. The second-order valence-electron chi connectivity index (χ2n) is 6.11. The molecule has 2 unspecified atom stereocenters. The summed E-state index contributed by atoms with van der Waals surface area (Å²) in [7, 11) is 0. The van der Waals surface area contributed by atoms with Crippen LogP contribution >= 0.6 is 0 Å². The van der Waals surface area contributed by atoms with Crippen molar-refractivity contribution in [2.24, 2.45) is 0 Å². The molecule has 0 aromatic heterocycles. The Bertz CT molecular complexity index is 594. The lowest BCUT2D eigenvalue weighted by Crippen LogP contribution is -2.18. The first-order valence-corrected chi connectivity index (χ1v) is 8.43. The molecular formula is C20H25NO2. The van der Waals surface area contributed by atoms with Gasteiger partial charge in [-0.15, -0.1) is 0 Å². The second-order valence-corrected chi connectivity index (χ2v) is 6.11. The standard InChI is InChI=1S/C20H25NO2/c1-16(18-8-3-2-4-9-18)21-14-17-7-5-10-19(13-17)23-15-20-11-6-12-22-20/h2-5,7-10,13,16,20-21H,6,11-12,14-15H2,1H3. The van der Waals surface area contributed by atoms with Gasteiger partial charge in [-0.1, -0.05) is 42.5 Å². The van der Waals surface area contributed by atoms with E-state index in [0.717, 1.165) is 31.7 Å². The second kappa shape index (κ2) is 8.14. The summed E-state index contributed by atoms with van der Waals surface area (Å²) < 4.78 is 11.5. The smallest absolute Gasteiger partial charge is 0.119 e. The van der Waals surface area contributed by atoms with E-state index in [-0.39, 0.29) is 6.10 Å². The van der Waals surface area contributed by atoms with E-state index < -0.39 is 0 Å². The number of benzene rings is 2. The molecule has 1 N–H and O–H groups in total. The van der Waals surface area contributed by atoms with E-state index in [2.05, 4.69) is 54.7 Å². The lowest BCUT2D eigenvalue weighted by atomic mass is 10.1. The van der Waals surface area contributed by atoms with E-state index in [1.54, 1.807) is 0 Å². The number of rotatable bonds is 7. The Morgan fingerprint density at radius 2 is 2.04 bits per heavy atom. The maximum Gasteiger partial charge on any atom is 0.119 e. The molecule has 0 bridgehead atoms. The molecular weight excluding hydrogens is 286 g/mol. The van der Waals surface area contributed by atoms with Gasteiger partial charge in [-0.2, -0.15) is 0 Å². The number of hydrogen-bond acceptors (Lipinski definition) is 3. The minimum Gasteiger partial charge on any atom is -0.491 e. The predicted octanol–water partition coefficient (Wildman–Crippen LogP) is 4.10. The molecule has 1 aliphatic rings. The Hall–Kier alpha value is -1.84. The summed E-state index contributed by atoms with van der Waals surface area (Å²) >= 11 is 0. The molecule has 1 saturated heterocycles. The lowest BCUT2D eigenvalue weighted by molar-refractivity contribution is 0.0679. The molecule has 3 nitrogen and oxygen atoms in total. The summed E-state index contributed by atoms with van der Waals surface area (Å²) in [6, 6.07) is 19.1. The van der Waals surface area contributed by atoms with Crippen molar-refractivity contribution in [3.05, 3.63) is 65.7 Å². The average Bonchev–Trinajstić information content (AvgIpc) is 3.12. The molecule has 0 aliphatic carbocycles. The van der Waals surface area contributed by atoms with Gasteiger partial charge in [0.05, 0.1) is 6.10 Å². The monoisotopic (exact) mass is 311 g/mol. The van der Waals surface area contributed by atoms with Crippen molar-refractivity contribution in [2.75, 3.05) is 13.2 Å². The van der Waals surface area contributed by atoms with Crippen LogP contribution in [0.2, 0.25) is 0 Å². The summed E-state index contributed by atoms with van der Waals surface area (Å²) in [6.07, 6.45) is 2.51. The molecule has 3 heteroatoms. The highest BCUT2D eigenvalue weighted by atomic mass is 16.5. The highest BCUT2D eigenvalue weighted by Crippen LogP contribution is 2.18. The van der Waals surface area contributed by atoms with Crippen molar-refractivity contribution < 1.29 is 9.47 Å². The first-order valence-electron chi connectivity index (χ1n) is 8.43. The summed E-state index contributed by atoms with van der Waals surface area (Å²) in [5.41, 5.74) is 2.54. The van der Waals surface area contributed by atoms with Crippen LogP contribution in [-0.4, -0.2) is 19.3 Å². The molecule has 0 saturated carbocycles. The van der Waals surface area contributed by atoms with Crippen molar-refractivity contribution in [3.8, 4) is 5.75 Å². The Kier molecular flexibility index (Phi) is 5.67. The van der Waals surface area contributed by atoms with E-state index in [0.29, 0.717) is 12.6 Å². The van der Waals surface area contributed by atoms with Gasteiger partial charge >= 0.3 is 0 Å². The van der Waals surface area contributed by atoms with Crippen molar-refractivity contribution >= 4 is 0 Å². The van der Waals surface area contributed by atoms with Gasteiger partial charge in [-0.25, -0.2) is 0 Å². The van der Waals surface area contributed by atoms with Crippen LogP contribution in [0.5, 0.6) is 5.75 Å². The van der Waals surface area contributed by atoms with Crippen LogP contribution in [0.3, 0.4) is 0 Å². The zero-order valence-corrected chi connectivity index (χ0v) is 13.7. The normalized spacial score (nSPS) is 18.7. The Morgan fingerprint density at radius 1 is 1.17 bits per heavy atom. The Labute approximate surface area is 138 Å². The number of ether oxygens (including phenoxy) is 2. The fourth-order valence-electron chi connectivity index (χ4n) is 2.84. The van der Waals surface area contributed by atoms with E-state index in [1.807, 2.05) is 12.1 Å². The van der Waals surface area contributed by atoms with Gasteiger partial charge in [-0.3, -0.25) is 0 Å². The van der Waals surface area contributed by atoms with Crippen molar-refractivity contribution in [1.82, 2.24) is 5.32 Å². The Morgan fingerprint density at radius 3 is 2.83 bits per heavy atom. The van der Waals surface area contributed by atoms with Crippen LogP contribution in [0.4, 0.5) is 0 Å². The maximum atomic E-state index is 5.87. The molecule has 23 heavy (non-hydrogen) atoms. The van der Waals surface area contributed by atoms with Gasteiger partial charge in [0.15, 0.2) is 0 Å². The fourth-order valence-corrected chi connectivity index (χ4v) is 2.84. The van der Waals surface area contributed by atoms with E-state index >= 15 is 0 Å². The zero-order valence-electron chi connectivity index (χ0n) is 13.7. The molecule has 122 valence electrons. The van der Waals surface area contributed by atoms with E-state index in [1.165, 1.54) is 11.1 Å². The molecule has 0 radical (unpaired) electrons. The number of nitrogens with one attached hydrogen (secondary N) is 1. The molecule has 3 rings (SSSR count). The zero-order chi connectivity index (χ0) is 15.9. The van der Waals surface area contributed by atoms with Crippen molar-refractivity contribution in [1.29, 1.82) is 0 Å². The molecule has 1 heterocycles. The van der Waals surface area contributed by atoms with Gasteiger partial charge in [-0.05, 0) is 43.0 Å². The Balaban J connectivity index is 1.50. The largest absolute Gasteiger partial charge is 0.491 e. The van der Waals surface area contributed by atoms with Crippen molar-refractivity contribution in [3.63, 3.8) is 0 Å². The summed E-state index contributed by atoms with van der Waals surface area (Å²) in [6.45, 7) is 4.53. The third-order valence-corrected chi connectivity index (χ3v) is 4.27. The number of hydrogen-bond donors (Lipinski definition) is 1. The van der Waals surface area contributed by atoms with E-state index in [9.17, 15) is 0 Å². The SMILES string of the molecule is CC(NCc1cccc(OCC2CCCO2)c1)c1ccccc1. The molecule has 1 fully saturated rings. The van der Waals surface area contributed by atoms with Crippen LogP contribution in [0.1, 0.15) is 36.9 Å². The van der Waals surface area contributed by atoms with Crippen LogP contribution in [0.15, 0.2) is 54.6 Å². The van der Waals surface area contributed by atoms with Gasteiger partial charge in [0.1, 0.15) is 12.4 Å².